The zero-order valence-corrected chi connectivity index (χ0v) is 24.2. The van der Waals surface area contributed by atoms with Gasteiger partial charge in [0.05, 0.1) is 17.1 Å². The highest BCUT2D eigenvalue weighted by Crippen LogP contribution is 2.25. The van der Waals surface area contributed by atoms with Gasteiger partial charge in [-0.2, -0.15) is 10.2 Å². The Kier molecular flexibility index (Phi) is 9.68. The quantitative estimate of drug-likeness (QED) is 0.292. The van der Waals surface area contributed by atoms with Crippen LogP contribution >= 0.6 is 0 Å². The first-order valence-electron chi connectivity index (χ1n) is 13.5. The average Bonchev–Trinajstić information content (AvgIpc) is 3.64. The molecule has 3 N–H and O–H groups in total. The lowest BCUT2D eigenvalue weighted by atomic mass is 10.2. The Labute approximate surface area is 247 Å². The predicted molar refractivity (Wildman–Crippen MR) is 173 cm³/mol. The third kappa shape index (κ3) is 7.82. The molecule has 0 bridgehead atoms. The fraction of sp³-hybridized carbons (Fsp3) is 0.152. The number of para-hydroxylation sites is 3. The molecule has 6 rings (SSSR count). The van der Waals surface area contributed by atoms with Gasteiger partial charge in [0.15, 0.2) is 5.82 Å². The number of hydrogen-bond donors (Lipinski definition) is 2. The Bertz CT molecular complexity index is 1520. The van der Waals surface area contributed by atoms with Gasteiger partial charge in [0.25, 0.3) is 0 Å². The second-order valence-corrected chi connectivity index (χ2v) is 9.81. The summed E-state index contributed by atoms with van der Waals surface area (Å²) in [5, 5.41) is 19.2. The van der Waals surface area contributed by atoms with Crippen molar-refractivity contribution in [3.8, 4) is 5.69 Å². The molecule has 0 aliphatic carbocycles. The van der Waals surface area contributed by atoms with Gasteiger partial charge in [-0.05, 0) is 50.2 Å². The number of allylic oxidation sites excluding steroid dienone is 1. The van der Waals surface area contributed by atoms with Crippen LogP contribution in [0.4, 0.5) is 17.2 Å². The van der Waals surface area contributed by atoms with Crippen LogP contribution in [-0.4, -0.2) is 27.2 Å². The number of carbonyl (C=O) groups excluding carboxylic acids is 1. The van der Waals surface area contributed by atoms with E-state index in [9.17, 15) is 4.79 Å². The van der Waals surface area contributed by atoms with Crippen molar-refractivity contribution in [2.45, 2.75) is 33.6 Å². The van der Waals surface area contributed by atoms with Crippen molar-refractivity contribution in [1.29, 1.82) is 0 Å². The maximum atomic E-state index is 10.9. The summed E-state index contributed by atoms with van der Waals surface area (Å²) in [5.41, 5.74) is 12.7. The Hall–Kier alpha value is -5.44. The molecule has 2 aliphatic heterocycles. The largest absolute Gasteiger partial charge is 0.385 e. The van der Waals surface area contributed by atoms with Gasteiger partial charge in [0, 0.05) is 48.6 Å². The summed E-state index contributed by atoms with van der Waals surface area (Å²) in [6, 6.07) is 31.6. The van der Waals surface area contributed by atoms with Gasteiger partial charge < -0.3 is 11.1 Å². The highest BCUT2D eigenvalue weighted by Gasteiger charge is 2.17. The van der Waals surface area contributed by atoms with Crippen molar-refractivity contribution >= 4 is 34.6 Å². The summed E-state index contributed by atoms with van der Waals surface area (Å²) in [6.07, 6.45) is 1.55. The van der Waals surface area contributed by atoms with Gasteiger partial charge in [0.1, 0.15) is 5.84 Å². The zero-order valence-electron chi connectivity index (χ0n) is 24.2. The molecule has 3 aromatic carbocycles. The maximum absolute atomic E-state index is 10.9. The lowest BCUT2D eigenvalue weighted by molar-refractivity contribution is -0.114. The molecule has 0 fully saturated rings. The number of aromatic nitrogens is 2. The Morgan fingerprint density at radius 3 is 1.67 bits per heavy atom. The number of carbonyl (C=O) groups is 1. The molecule has 0 saturated heterocycles. The molecule has 3 heterocycles. The van der Waals surface area contributed by atoms with E-state index in [1.807, 2.05) is 116 Å². The summed E-state index contributed by atoms with van der Waals surface area (Å²) >= 11 is 0. The van der Waals surface area contributed by atoms with Crippen LogP contribution < -0.4 is 21.1 Å². The second-order valence-electron chi connectivity index (χ2n) is 9.81. The second kappa shape index (κ2) is 13.8. The molecule has 42 heavy (non-hydrogen) atoms. The summed E-state index contributed by atoms with van der Waals surface area (Å²) in [6.45, 7) is 13.3. The molecule has 0 radical (unpaired) electrons. The SMILES string of the molecule is C=C1CC(C)=NN1c1ccccc1.C=C1CC(N)=NN1c1ccccc1.CC(=O)Nc1cc(C)n(-c2ccccc2)n1. The number of benzene rings is 3. The Balaban J connectivity index is 0.000000146. The Morgan fingerprint density at radius 1 is 0.762 bits per heavy atom. The third-order valence-corrected chi connectivity index (χ3v) is 6.14. The number of hydrogen-bond acceptors (Lipinski definition) is 7. The number of anilines is 3. The molecule has 1 aromatic heterocycles. The molecule has 2 aliphatic rings. The highest BCUT2D eigenvalue weighted by molar-refractivity contribution is 5.89. The lowest BCUT2D eigenvalue weighted by Crippen LogP contribution is -2.08. The minimum Gasteiger partial charge on any atom is -0.385 e. The first kappa shape index (κ1) is 29.5. The van der Waals surface area contributed by atoms with Gasteiger partial charge in [0.2, 0.25) is 5.91 Å². The molecule has 9 heteroatoms. The molecule has 0 atom stereocenters. The zero-order chi connectivity index (χ0) is 30.1. The summed E-state index contributed by atoms with van der Waals surface area (Å²) in [4.78, 5) is 10.9. The fourth-order valence-electron chi connectivity index (χ4n) is 4.33. The van der Waals surface area contributed by atoms with E-state index in [0.717, 1.165) is 46.3 Å². The van der Waals surface area contributed by atoms with E-state index in [1.54, 1.807) is 9.69 Å². The molecule has 0 unspecified atom stereocenters. The number of amidine groups is 1. The normalized spacial score (nSPS) is 13.9. The van der Waals surface area contributed by atoms with E-state index >= 15 is 0 Å². The molecular formula is C33H36N8O. The minimum atomic E-state index is -0.113. The number of nitrogens with two attached hydrogens (primary N) is 1. The standard InChI is InChI=1S/C12H13N3O.C11H12N2.C10H11N3/c1-9-8-12(13-10(2)16)14-15(9)11-6-4-3-5-7-11;1-9-8-10(2)13(12-9)11-6-4-3-5-7-11;1-8-7-10(11)12-13(8)9-5-3-2-4-6-9/h3-8H,1-2H3,(H,13,14,16);3-7H,2,8H2,1H3;2-6H,1,7H2,(H2,11,12). The van der Waals surface area contributed by atoms with Crippen molar-refractivity contribution in [3.05, 3.63) is 127 Å². The van der Waals surface area contributed by atoms with Crippen LogP contribution in [0.15, 0.2) is 132 Å². The lowest BCUT2D eigenvalue weighted by Gasteiger charge is -2.14. The van der Waals surface area contributed by atoms with Crippen LogP contribution in [-0.2, 0) is 4.79 Å². The number of nitrogens with one attached hydrogen (secondary N) is 1. The van der Waals surface area contributed by atoms with Gasteiger partial charge in [-0.3, -0.25) is 4.79 Å². The molecule has 9 nitrogen and oxygen atoms in total. The smallest absolute Gasteiger partial charge is 0.222 e. The third-order valence-electron chi connectivity index (χ3n) is 6.14. The van der Waals surface area contributed by atoms with Crippen molar-refractivity contribution in [1.82, 2.24) is 9.78 Å². The number of amides is 1. The van der Waals surface area contributed by atoms with E-state index in [0.29, 0.717) is 18.1 Å². The monoisotopic (exact) mass is 560 g/mol. The highest BCUT2D eigenvalue weighted by atomic mass is 16.1. The number of rotatable bonds is 4. The summed E-state index contributed by atoms with van der Waals surface area (Å²) in [7, 11) is 0. The van der Waals surface area contributed by atoms with E-state index in [-0.39, 0.29) is 5.91 Å². The molecular weight excluding hydrogens is 524 g/mol. The topological polar surface area (TPSA) is 104 Å². The van der Waals surface area contributed by atoms with Gasteiger partial charge in [-0.25, -0.2) is 14.7 Å². The number of hydrazone groups is 2. The van der Waals surface area contributed by atoms with Gasteiger partial charge in [-0.1, -0.05) is 67.8 Å². The van der Waals surface area contributed by atoms with Crippen molar-refractivity contribution in [2.75, 3.05) is 15.3 Å². The van der Waals surface area contributed by atoms with E-state index in [1.165, 1.54) is 6.92 Å². The molecule has 0 saturated carbocycles. The van der Waals surface area contributed by atoms with Crippen molar-refractivity contribution < 1.29 is 4.79 Å². The fourth-order valence-corrected chi connectivity index (χ4v) is 4.33. The predicted octanol–water partition coefficient (Wildman–Crippen LogP) is 6.61. The molecule has 0 spiro atoms. The van der Waals surface area contributed by atoms with Crippen LogP contribution in [0.25, 0.3) is 5.69 Å². The van der Waals surface area contributed by atoms with Gasteiger partial charge in [-0.15, -0.1) is 5.10 Å². The van der Waals surface area contributed by atoms with E-state index in [2.05, 4.69) is 33.8 Å². The van der Waals surface area contributed by atoms with Crippen LogP contribution in [0.1, 0.15) is 32.4 Å². The number of nitrogens with zero attached hydrogens (tertiary/aromatic N) is 6. The van der Waals surface area contributed by atoms with Gasteiger partial charge >= 0.3 is 0 Å². The van der Waals surface area contributed by atoms with E-state index in [4.69, 9.17) is 5.73 Å². The van der Waals surface area contributed by atoms with Crippen molar-refractivity contribution in [2.24, 2.45) is 15.9 Å². The summed E-state index contributed by atoms with van der Waals surface area (Å²) < 4.78 is 1.80. The van der Waals surface area contributed by atoms with E-state index < -0.39 is 0 Å². The first-order chi connectivity index (χ1) is 20.2. The minimum absolute atomic E-state index is 0.113. The summed E-state index contributed by atoms with van der Waals surface area (Å²) in [5.74, 6) is 1.08. The average molecular weight is 561 g/mol. The van der Waals surface area contributed by atoms with Crippen LogP contribution in [0.5, 0.6) is 0 Å². The van der Waals surface area contributed by atoms with Crippen LogP contribution in [0, 0.1) is 6.92 Å². The van der Waals surface area contributed by atoms with Crippen LogP contribution in [0.2, 0.25) is 0 Å². The molecule has 4 aromatic rings. The Morgan fingerprint density at radius 2 is 1.24 bits per heavy atom. The first-order valence-corrected chi connectivity index (χ1v) is 13.5. The van der Waals surface area contributed by atoms with Crippen molar-refractivity contribution in [3.63, 3.8) is 0 Å². The molecule has 1 amide bonds. The maximum Gasteiger partial charge on any atom is 0.222 e. The van der Waals surface area contributed by atoms with Crippen LogP contribution in [0.3, 0.4) is 0 Å². The molecule has 214 valence electrons. The number of aryl methyl sites for hydroxylation is 1.